The molecule has 1 aromatic rings. The second-order valence-corrected chi connectivity index (χ2v) is 4.47. The van der Waals surface area contributed by atoms with E-state index < -0.39 is 0 Å². The van der Waals surface area contributed by atoms with Gasteiger partial charge in [0.05, 0.1) is 0 Å². The highest BCUT2D eigenvalue weighted by atomic mass is 15.0. The standard InChI is InChI=1S/C14H26N2/c1-4-8-13(6-3)15-12-14-9-7-11-16(14)10-5-2/h7,9,11,13,15H,4-6,8,10,12H2,1-3H3. The molecule has 1 heterocycles. The third kappa shape index (κ3) is 4.01. The molecule has 0 aliphatic carbocycles. The van der Waals surface area contributed by atoms with Crippen molar-refractivity contribution in [3.05, 3.63) is 24.0 Å². The summed E-state index contributed by atoms with van der Waals surface area (Å²) in [7, 11) is 0. The van der Waals surface area contributed by atoms with Crippen molar-refractivity contribution >= 4 is 0 Å². The highest BCUT2D eigenvalue weighted by Gasteiger charge is 2.05. The van der Waals surface area contributed by atoms with Gasteiger partial charge in [0.15, 0.2) is 0 Å². The highest BCUT2D eigenvalue weighted by Crippen LogP contribution is 2.06. The van der Waals surface area contributed by atoms with Gasteiger partial charge in [-0.05, 0) is 31.4 Å². The first-order valence-electron chi connectivity index (χ1n) is 6.69. The second kappa shape index (κ2) is 7.50. The minimum Gasteiger partial charge on any atom is -0.350 e. The predicted octanol–water partition coefficient (Wildman–Crippen LogP) is 3.57. The third-order valence-electron chi connectivity index (χ3n) is 3.09. The molecule has 0 saturated heterocycles. The molecule has 0 aliphatic heterocycles. The minimum absolute atomic E-state index is 0.676. The van der Waals surface area contributed by atoms with E-state index in [9.17, 15) is 0 Å². The van der Waals surface area contributed by atoms with Crippen molar-refractivity contribution in [3.63, 3.8) is 0 Å². The number of hydrogen-bond acceptors (Lipinski definition) is 1. The zero-order chi connectivity index (χ0) is 11.8. The smallest absolute Gasteiger partial charge is 0.0361 e. The van der Waals surface area contributed by atoms with Crippen LogP contribution in [0.3, 0.4) is 0 Å². The molecule has 16 heavy (non-hydrogen) atoms. The van der Waals surface area contributed by atoms with E-state index in [2.05, 4.69) is 49.0 Å². The van der Waals surface area contributed by atoms with E-state index in [0.29, 0.717) is 6.04 Å². The fourth-order valence-corrected chi connectivity index (χ4v) is 2.12. The van der Waals surface area contributed by atoms with E-state index in [-0.39, 0.29) is 0 Å². The van der Waals surface area contributed by atoms with Crippen LogP contribution >= 0.6 is 0 Å². The van der Waals surface area contributed by atoms with Gasteiger partial charge in [0.1, 0.15) is 0 Å². The Morgan fingerprint density at radius 1 is 1.25 bits per heavy atom. The van der Waals surface area contributed by atoms with Gasteiger partial charge in [0, 0.05) is 31.0 Å². The molecule has 1 rings (SSSR count). The van der Waals surface area contributed by atoms with Crippen LogP contribution in [0, 0.1) is 0 Å². The van der Waals surface area contributed by atoms with E-state index in [1.807, 2.05) is 0 Å². The summed E-state index contributed by atoms with van der Waals surface area (Å²) in [6, 6.07) is 5.05. The predicted molar refractivity (Wildman–Crippen MR) is 70.5 cm³/mol. The fourth-order valence-electron chi connectivity index (χ4n) is 2.12. The average Bonchev–Trinajstić information content (AvgIpc) is 2.72. The summed E-state index contributed by atoms with van der Waals surface area (Å²) in [5, 5.41) is 3.65. The van der Waals surface area contributed by atoms with Crippen molar-refractivity contribution in [2.24, 2.45) is 0 Å². The van der Waals surface area contributed by atoms with Gasteiger partial charge in [-0.3, -0.25) is 0 Å². The molecule has 0 fully saturated rings. The zero-order valence-electron chi connectivity index (χ0n) is 11.0. The Morgan fingerprint density at radius 2 is 2.06 bits per heavy atom. The largest absolute Gasteiger partial charge is 0.350 e. The van der Waals surface area contributed by atoms with Crippen molar-refractivity contribution in [3.8, 4) is 0 Å². The van der Waals surface area contributed by atoms with Crippen LogP contribution in [0.1, 0.15) is 52.1 Å². The van der Waals surface area contributed by atoms with Gasteiger partial charge >= 0.3 is 0 Å². The Balaban J connectivity index is 2.43. The van der Waals surface area contributed by atoms with Gasteiger partial charge in [0.25, 0.3) is 0 Å². The molecule has 0 saturated carbocycles. The summed E-state index contributed by atoms with van der Waals surface area (Å²) < 4.78 is 2.35. The Bertz CT molecular complexity index is 278. The van der Waals surface area contributed by atoms with Crippen LogP contribution in [-0.4, -0.2) is 10.6 Å². The van der Waals surface area contributed by atoms with E-state index in [1.54, 1.807) is 0 Å². The number of aromatic nitrogens is 1. The van der Waals surface area contributed by atoms with E-state index in [1.165, 1.54) is 31.4 Å². The van der Waals surface area contributed by atoms with E-state index >= 15 is 0 Å². The number of nitrogens with zero attached hydrogens (tertiary/aromatic N) is 1. The first-order chi connectivity index (χ1) is 7.81. The lowest BCUT2D eigenvalue weighted by atomic mass is 10.1. The quantitative estimate of drug-likeness (QED) is 0.711. The fraction of sp³-hybridized carbons (Fsp3) is 0.714. The van der Waals surface area contributed by atoms with Crippen LogP contribution in [-0.2, 0) is 13.1 Å². The molecule has 92 valence electrons. The summed E-state index contributed by atoms with van der Waals surface area (Å²) in [5.41, 5.74) is 1.41. The molecule has 1 unspecified atom stereocenters. The van der Waals surface area contributed by atoms with Gasteiger partial charge in [0.2, 0.25) is 0 Å². The lowest BCUT2D eigenvalue weighted by molar-refractivity contribution is 0.452. The van der Waals surface area contributed by atoms with Crippen LogP contribution in [0.25, 0.3) is 0 Å². The van der Waals surface area contributed by atoms with Crippen molar-refractivity contribution < 1.29 is 0 Å². The first-order valence-corrected chi connectivity index (χ1v) is 6.69. The lowest BCUT2D eigenvalue weighted by Crippen LogP contribution is -2.28. The van der Waals surface area contributed by atoms with Crippen molar-refractivity contribution in [1.82, 2.24) is 9.88 Å². The Labute approximate surface area is 100 Å². The number of aryl methyl sites for hydroxylation is 1. The number of rotatable bonds is 8. The van der Waals surface area contributed by atoms with Gasteiger partial charge in [-0.1, -0.05) is 27.2 Å². The monoisotopic (exact) mass is 222 g/mol. The molecule has 0 radical (unpaired) electrons. The third-order valence-corrected chi connectivity index (χ3v) is 3.09. The molecular formula is C14H26N2. The van der Waals surface area contributed by atoms with Gasteiger partial charge in [-0.25, -0.2) is 0 Å². The molecule has 1 aromatic heterocycles. The summed E-state index contributed by atoms with van der Waals surface area (Å²) in [5.74, 6) is 0. The van der Waals surface area contributed by atoms with Crippen LogP contribution in [0.4, 0.5) is 0 Å². The molecular weight excluding hydrogens is 196 g/mol. The first kappa shape index (κ1) is 13.3. The maximum absolute atomic E-state index is 3.65. The second-order valence-electron chi connectivity index (χ2n) is 4.47. The van der Waals surface area contributed by atoms with Gasteiger partial charge in [-0.2, -0.15) is 0 Å². The SMILES string of the molecule is CCCC(CC)NCc1cccn1CCC. The molecule has 0 aliphatic rings. The van der Waals surface area contributed by atoms with Crippen molar-refractivity contribution in [1.29, 1.82) is 0 Å². The summed E-state index contributed by atoms with van der Waals surface area (Å²) >= 11 is 0. The maximum atomic E-state index is 3.65. The molecule has 2 heteroatoms. The van der Waals surface area contributed by atoms with Crippen LogP contribution < -0.4 is 5.32 Å². The van der Waals surface area contributed by atoms with Crippen molar-refractivity contribution in [2.75, 3.05) is 0 Å². The van der Waals surface area contributed by atoms with Crippen LogP contribution in [0.5, 0.6) is 0 Å². The molecule has 1 atom stereocenters. The minimum atomic E-state index is 0.676. The Kier molecular flexibility index (Phi) is 6.24. The normalized spacial score (nSPS) is 12.9. The summed E-state index contributed by atoms with van der Waals surface area (Å²) in [4.78, 5) is 0. The summed E-state index contributed by atoms with van der Waals surface area (Å²) in [6.45, 7) is 8.88. The zero-order valence-corrected chi connectivity index (χ0v) is 11.0. The molecule has 0 amide bonds. The lowest BCUT2D eigenvalue weighted by Gasteiger charge is -2.17. The highest BCUT2D eigenvalue weighted by molar-refractivity contribution is 5.07. The summed E-state index contributed by atoms with van der Waals surface area (Å²) in [6.07, 6.45) is 7.16. The van der Waals surface area contributed by atoms with E-state index in [0.717, 1.165) is 13.1 Å². The molecule has 1 N–H and O–H groups in total. The Hall–Kier alpha value is -0.760. The number of hydrogen-bond donors (Lipinski definition) is 1. The van der Waals surface area contributed by atoms with Crippen molar-refractivity contribution in [2.45, 2.75) is 65.6 Å². The average molecular weight is 222 g/mol. The van der Waals surface area contributed by atoms with Crippen LogP contribution in [0.15, 0.2) is 18.3 Å². The molecule has 2 nitrogen and oxygen atoms in total. The van der Waals surface area contributed by atoms with Crippen LogP contribution in [0.2, 0.25) is 0 Å². The Morgan fingerprint density at radius 3 is 2.69 bits per heavy atom. The molecule has 0 spiro atoms. The van der Waals surface area contributed by atoms with E-state index in [4.69, 9.17) is 0 Å². The topological polar surface area (TPSA) is 17.0 Å². The molecule has 0 aromatic carbocycles. The van der Waals surface area contributed by atoms with Gasteiger partial charge < -0.3 is 9.88 Å². The van der Waals surface area contributed by atoms with Gasteiger partial charge in [-0.15, -0.1) is 0 Å². The molecule has 0 bridgehead atoms. The number of nitrogens with one attached hydrogen (secondary N) is 1. The maximum Gasteiger partial charge on any atom is 0.0361 e.